The van der Waals surface area contributed by atoms with Crippen LogP contribution in [0.25, 0.3) is 0 Å². The molecule has 0 atom stereocenters. The van der Waals surface area contributed by atoms with E-state index in [0.717, 1.165) is 13.0 Å². The molecule has 0 aliphatic heterocycles. The predicted octanol–water partition coefficient (Wildman–Crippen LogP) is 2.15. The maximum Gasteiger partial charge on any atom is 0.224 e. The van der Waals surface area contributed by atoms with E-state index in [2.05, 4.69) is 18.7 Å². The molecule has 2 N–H and O–H groups in total. The van der Waals surface area contributed by atoms with Crippen LogP contribution in [0.1, 0.15) is 53.4 Å². The minimum absolute atomic E-state index is 0.232. The maximum atomic E-state index is 12.1. The van der Waals surface area contributed by atoms with Gasteiger partial charge in [0.15, 0.2) is 0 Å². The van der Waals surface area contributed by atoms with E-state index in [-0.39, 0.29) is 11.4 Å². The summed E-state index contributed by atoms with van der Waals surface area (Å²) in [6.07, 6.45) is 3.90. The average molecular weight is 226 g/mol. The number of carbonyl (C=O) groups is 1. The van der Waals surface area contributed by atoms with Crippen LogP contribution < -0.4 is 5.73 Å². The monoisotopic (exact) mass is 226 g/mol. The van der Waals surface area contributed by atoms with Crippen LogP contribution >= 0.6 is 0 Å². The summed E-state index contributed by atoms with van der Waals surface area (Å²) in [6.45, 7) is 9.12. The number of amides is 1. The van der Waals surface area contributed by atoms with Crippen molar-refractivity contribution in [3.8, 4) is 0 Å². The van der Waals surface area contributed by atoms with Gasteiger partial charge in [0.05, 0.1) is 0 Å². The van der Waals surface area contributed by atoms with Crippen molar-refractivity contribution in [3.05, 3.63) is 0 Å². The molecule has 1 amide bonds. The van der Waals surface area contributed by atoms with Crippen molar-refractivity contribution >= 4 is 5.91 Å². The zero-order valence-electron chi connectivity index (χ0n) is 11.1. The second-order valence-corrected chi connectivity index (χ2v) is 6.17. The first-order valence-corrected chi connectivity index (χ1v) is 6.38. The number of nitrogens with zero attached hydrogens (tertiary/aromatic N) is 1. The van der Waals surface area contributed by atoms with Gasteiger partial charge < -0.3 is 10.6 Å². The van der Waals surface area contributed by atoms with Crippen LogP contribution in [-0.4, -0.2) is 28.9 Å². The van der Waals surface area contributed by atoms with Gasteiger partial charge in [-0.1, -0.05) is 13.8 Å². The van der Waals surface area contributed by atoms with Crippen molar-refractivity contribution < 1.29 is 4.79 Å². The lowest BCUT2D eigenvalue weighted by Crippen LogP contribution is -2.42. The fourth-order valence-corrected chi connectivity index (χ4v) is 1.79. The maximum absolute atomic E-state index is 12.1. The number of hydrogen-bond donors (Lipinski definition) is 1. The Morgan fingerprint density at radius 3 is 2.38 bits per heavy atom. The Labute approximate surface area is 99.4 Å². The molecule has 0 saturated heterocycles. The Kier molecular flexibility index (Phi) is 4.36. The van der Waals surface area contributed by atoms with Gasteiger partial charge in [0.25, 0.3) is 0 Å². The van der Waals surface area contributed by atoms with Gasteiger partial charge in [0.2, 0.25) is 5.91 Å². The molecule has 1 aliphatic rings. The molecule has 1 fully saturated rings. The highest BCUT2D eigenvalue weighted by Gasteiger charge is 2.33. The number of hydrogen-bond acceptors (Lipinski definition) is 2. The predicted molar refractivity (Wildman–Crippen MR) is 67.1 cm³/mol. The van der Waals surface area contributed by atoms with E-state index < -0.39 is 0 Å². The molecule has 0 radical (unpaired) electrons. The minimum Gasteiger partial charge on any atom is -0.340 e. The Hall–Kier alpha value is -0.570. The van der Waals surface area contributed by atoms with Gasteiger partial charge in [-0.25, -0.2) is 0 Å². The molecule has 0 heterocycles. The third-order valence-corrected chi connectivity index (χ3v) is 2.86. The summed E-state index contributed by atoms with van der Waals surface area (Å²) < 4.78 is 0. The van der Waals surface area contributed by atoms with E-state index in [1.807, 2.05) is 13.8 Å². The number of nitrogens with two attached hydrogens (primary N) is 1. The summed E-state index contributed by atoms with van der Waals surface area (Å²) in [6, 6.07) is 0.508. The molecule has 1 saturated carbocycles. The molecule has 3 heteroatoms. The van der Waals surface area contributed by atoms with E-state index >= 15 is 0 Å². The lowest BCUT2D eigenvalue weighted by Gasteiger charge is -2.27. The summed E-state index contributed by atoms with van der Waals surface area (Å²) in [7, 11) is 0. The van der Waals surface area contributed by atoms with Crippen LogP contribution in [0, 0.1) is 5.92 Å². The van der Waals surface area contributed by atoms with Crippen molar-refractivity contribution in [3.63, 3.8) is 0 Å². The molecule has 0 aromatic rings. The van der Waals surface area contributed by atoms with Crippen LogP contribution in [-0.2, 0) is 4.79 Å². The third-order valence-electron chi connectivity index (χ3n) is 2.86. The fourth-order valence-electron chi connectivity index (χ4n) is 1.79. The van der Waals surface area contributed by atoms with E-state index in [9.17, 15) is 4.79 Å². The standard InChI is InChI=1S/C13H26N2O/c1-10(2)7-8-15(11-5-6-11)12(16)9-13(3,4)14/h10-11H,5-9,14H2,1-4H3. The molecule has 1 rings (SSSR count). The summed E-state index contributed by atoms with van der Waals surface area (Å²) >= 11 is 0. The molecule has 0 bridgehead atoms. The Balaban J connectivity index is 2.46. The highest BCUT2D eigenvalue weighted by atomic mass is 16.2. The van der Waals surface area contributed by atoms with Crippen LogP contribution in [0.3, 0.4) is 0 Å². The van der Waals surface area contributed by atoms with Crippen LogP contribution in [0.5, 0.6) is 0 Å². The van der Waals surface area contributed by atoms with E-state index in [1.54, 1.807) is 0 Å². The van der Waals surface area contributed by atoms with Crippen molar-refractivity contribution in [2.75, 3.05) is 6.54 Å². The smallest absolute Gasteiger partial charge is 0.224 e. The van der Waals surface area contributed by atoms with Crippen molar-refractivity contribution in [1.29, 1.82) is 0 Å². The molecule has 3 nitrogen and oxygen atoms in total. The molecule has 0 aromatic carbocycles. The van der Waals surface area contributed by atoms with Crippen LogP contribution in [0.4, 0.5) is 0 Å². The molecule has 0 unspecified atom stereocenters. The Morgan fingerprint density at radius 2 is 2.00 bits per heavy atom. The molecular formula is C13H26N2O. The first-order valence-electron chi connectivity index (χ1n) is 6.38. The normalized spacial score (nSPS) is 16.6. The van der Waals surface area contributed by atoms with E-state index in [0.29, 0.717) is 18.4 Å². The molecule has 16 heavy (non-hydrogen) atoms. The Morgan fingerprint density at radius 1 is 1.44 bits per heavy atom. The highest BCUT2D eigenvalue weighted by molar-refractivity contribution is 5.78. The largest absolute Gasteiger partial charge is 0.340 e. The van der Waals surface area contributed by atoms with Gasteiger partial charge in [-0.05, 0) is 39.0 Å². The topological polar surface area (TPSA) is 46.3 Å². The molecule has 0 spiro atoms. The lowest BCUT2D eigenvalue weighted by atomic mass is 10.0. The summed E-state index contributed by atoms with van der Waals surface area (Å²) in [5.74, 6) is 0.885. The van der Waals surface area contributed by atoms with E-state index in [1.165, 1.54) is 12.8 Å². The quantitative estimate of drug-likeness (QED) is 0.754. The first kappa shape index (κ1) is 13.5. The molecule has 0 aromatic heterocycles. The number of carbonyl (C=O) groups excluding carboxylic acids is 1. The van der Waals surface area contributed by atoms with Crippen molar-refractivity contribution in [2.24, 2.45) is 11.7 Å². The first-order chi connectivity index (χ1) is 7.29. The van der Waals surface area contributed by atoms with Gasteiger partial charge in [-0.3, -0.25) is 4.79 Å². The van der Waals surface area contributed by atoms with Gasteiger partial charge >= 0.3 is 0 Å². The fraction of sp³-hybridized carbons (Fsp3) is 0.923. The molecular weight excluding hydrogens is 200 g/mol. The third kappa shape index (κ3) is 4.97. The summed E-state index contributed by atoms with van der Waals surface area (Å²) in [4.78, 5) is 14.1. The highest BCUT2D eigenvalue weighted by Crippen LogP contribution is 2.28. The summed E-state index contributed by atoms with van der Waals surface area (Å²) in [5.41, 5.74) is 5.52. The van der Waals surface area contributed by atoms with Crippen molar-refractivity contribution in [1.82, 2.24) is 4.90 Å². The second kappa shape index (κ2) is 5.17. The van der Waals surface area contributed by atoms with Gasteiger partial charge in [-0.15, -0.1) is 0 Å². The number of rotatable bonds is 6. The summed E-state index contributed by atoms with van der Waals surface area (Å²) in [5, 5.41) is 0. The average Bonchev–Trinajstić information content (AvgIpc) is 2.84. The lowest BCUT2D eigenvalue weighted by molar-refractivity contribution is -0.133. The van der Waals surface area contributed by atoms with Gasteiger partial charge in [0.1, 0.15) is 0 Å². The minimum atomic E-state index is -0.387. The van der Waals surface area contributed by atoms with Crippen molar-refractivity contribution in [2.45, 2.75) is 65.0 Å². The van der Waals surface area contributed by atoms with Crippen LogP contribution in [0.2, 0.25) is 0 Å². The zero-order chi connectivity index (χ0) is 12.3. The SMILES string of the molecule is CC(C)CCN(C(=O)CC(C)(C)N)C1CC1. The van der Waals surface area contributed by atoms with Gasteiger partial charge in [0, 0.05) is 24.5 Å². The Bertz CT molecular complexity index is 239. The van der Waals surface area contributed by atoms with Gasteiger partial charge in [-0.2, -0.15) is 0 Å². The van der Waals surface area contributed by atoms with E-state index in [4.69, 9.17) is 5.73 Å². The molecule has 1 aliphatic carbocycles. The zero-order valence-corrected chi connectivity index (χ0v) is 11.1. The second-order valence-electron chi connectivity index (χ2n) is 6.17. The molecule has 94 valence electrons. The van der Waals surface area contributed by atoms with Crippen LogP contribution in [0.15, 0.2) is 0 Å².